The van der Waals surface area contributed by atoms with E-state index in [1.54, 1.807) is 0 Å². The zero-order chi connectivity index (χ0) is 58.5. The van der Waals surface area contributed by atoms with Crippen LogP contribution in [0.1, 0.15) is 239 Å². The lowest BCUT2D eigenvalue weighted by Gasteiger charge is -2.18. The van der Waals surface area contributed by atoms with E-state index in [1.165, 1.54) is 25.7 Å². The molecule has 0 aliphatic heterocycles. The van der Waals surface area contributed by atoms with Gasteiger partial charge in [0.15, 0.2) is 6.10 Å². The number of esters is 3. The Morgan fingerprint density at radius 2 is 0.457 bits per heavy atom. The minimum absolute atomic E-state index is 0.127. The molecule has 450 valence electrons. The maximum Gasteiger partial charge on any atom is 0.306 e. The fourth-order valence-corrected chi connectivity index (χ4v) is 7.92. The van der Waals surface area contributed by atoms with Gasteiger partial charge in [-0.15, -0.1) is 0 Å². The number of hydrogen-bond acceptors (Lipinski definition) is 6. The smallest absolute Gasteiger partial charge is 0.306 e. The maximum atomic E-state index is 12.9. The lowest BCUT2D eigenvalue weighted by Crippen LogP contribution is -2.30. The SMILES string of the molecule is CC/C=C\C/C=C\C/C=C\C/C=C\C/C=C\C/C=C\C/C=C\CCCC(=O)OCC(COC(=O)CCCCC/C=C\C/C=C\C/C=C\C/C=C\C/C=C\CC)OC(=O)CCCCCCCCCC/C=C\C/C=C\C/C=C\C/C=C\CC. The molecule has 0 spiro atoms. The summed E-state index contributed by atoms with van der Waals surface area (Å²) in [4.78, 5) is 38.4. The van der Waals surface area contributed by atoms with E-state index in [9.17, 15) is 14.4 Å². The summed E-state index contributed by atoms with van der Waals surface area (Å²) in [5.41, 5.74) is 0. The third kappa shape index (κ3) is 64.9. The first-order chi connectivity index (χ1) is 40.0. The Morgan fingerprint density at radius 1 is 0.247 bits per heavy atom. The Hall–Kier alpha value is -5.75. The van der Waals surface area contributed by atoms with Gasteiger partial charge in [-0.05, 0) is 154 Å². The third-order valence-electron chi connectivity index (χ3n) is 12.6. The minimum atomic E-state index is -0.835. The molecule has 0 aromatic carbocycles. The first-order valence-electron chi connectivity index (χ1n) is 31.9. The Morgan fingerprint density at radius 3 is 0.753 bits per heavy atom. The highest BCUT2D eigenvalue weighted by Crippen LogP contribution is 2.13. The van der Waals surface area contributed by atoms with E-state index >= 15 is 0 Å². The van der Waals surface area contributed by atoms with Crippen LogP contribution in [-0.2, 0) is 28.6 Å². The number of ether oxygens (including phenoxy) is 3. The predicted molar refractivity (Wildman–Crippen MR) is 352 cm³/mol. The summed E-state index contributed by atoms with van der Waals surface area (Å²) in [7, 11) is 0. The molecule has 0 aliphatic carbocycles. The second-order valence-corrected chi connectivity index (χ2v) is 20.2. The van der Waals surface area contributed by atoms with Crippen LogP contribution in [0, 0.1) is 0 Å². The van der Waals surface area contributed by atoms with Crippen molar-refractivity contribution in [2.75, 3.05) is 13.2 Å². The van der Waals surface area contributed by atoms with Crippen LogP contribution in [0.5, 0.6) is 0 Å². The van der Waals surface area contributed by atoms with Crippen molar-refractivity contribution in [1.82, 2.24) is 0 Å². The van der Waals surface area contributed by atoms with Crippen LogP contribution < -0.4 is 0 Å². The molecule has 6 heteroatoms. The van der Waals surface area contributed by atoms with E-state index in [0.29, 0.717) is 12.8 Å². The van der Waals surface area contributed by atoms with Crippen LogP contribution in [-0.4, -0.2) is 37.2 Å². The number of allylic oxidation sites excluding steroid dienone is 32. The molecule has 0 bridgehead atoms. The second-order valence-electron chi connectivity index (χ2n) is 20.2. The van der Waals surface area contributed by atoms with Crippen molar-refractivity contribution in [3.63, 3.8) is 0 Å². The van der Waals surface area contributed by atoms with Crippen LogP contribution in [0.4, 0.5) is 0 Å². The first-order valence-corrected chi connectivity index (χ1v) is 31.9. The normalized spacial score (nSPS) is 13.5. The molecule has 0 amide bonds. The zero-order valence-corrected chi connectivity index (χ0v) is 51.5. The van der Waals surface area contributed by atoms with Crippen molar-refractivity contribution in [2.24, 2.45) is 0 Å². The fraction of sp³-hybridized carbons (Fsp3) is 0.533. The molecule has 0 radical (unpaired) electrons. The van der Waals surface area contributed by atoms with Gasteiger partial charge >= 0.3 is 17.9 Å². The molecular weight excluding hydrogens is 997 g/mol. The van der Waals surface area contributed by atoms with Gasteiger partial charge in [0.2, 0.25) is 0 Å². The molecule has 0 fully saturated rings. The molecule has 81 heavy (non-hydrogen) atoms. The Balaban J connectivity index is 4.61. The largest absolute Gasteiger partial charge is 0.462 e. The fourth-order valence-electron chi connectivity index (χ4n) is 7.92. The summed E-state index contributed by atoms with van der Waals surface area (Å²) >= 11 is 0. The van der Waals surface area contributed by atoms with E-state index in [-0.39, 0.29) is 44.0 Å². The van der Waals surface area contributed by atoms with Gasteiger partial charge in [-0.1, -0.05) is 260 Å². The van der Waals surface area contributed by atoms with Gasteiger partial charge in [0.1, 0.15) is 13.2 Å². The number of unbranched alkanes of at least 4 members (excludes halogenated alkanes) is 12. The molecule has 0 saturated heterocycles. The molecule has 0 N–H and O–H groups in total. The molecule has 0 aromatic heterocycles. The van der Waals surface area contributed by atoms with Gasteiger partial charge in [0.05, 0.1) is 0 Å². The molecule has 1 atom stereocenters. The first kappa shape index (κ1) is 75.2. The lowest BCUT2D eigenvalue weighted by atomic mass is 10.1. The molecule has 0 saturated carbocycles. The van der Waals surface area contributed by atoms with Crippen LogP contribution >= 0.6 is 0 Å². The van der Waals surface area contributed by atoms with E-state index in [1.807, 2.05) is 0 Å². The van der Waals surface area contributed by atoms with Gasteiger partial charge in [0.25, 0.3) is 0 Å². The summed E-state index contributed by atoms with van der Waals surface area (Å²) in [6.45, 7) is 6.20. The van der Waals surface area contributed by atoms with Crippen molar-refractivity contribution >= 4 is 17.9 Å². The Kier molecular flexibility index (Phi) is 62.0. The lowest BCUT2D eigenvalue weighted by molar-refractivity contribution is -0.167. The minimum Gasteiger partial charge on any atom is -0.462 e. The molecule has 1 unspecified atom stereocenters. The monoisotopic (exact) mass is 1110 g/mol. The number of rotatable bonds is 55. The average Bonchev–Trinajstić information content (AvgIpc) is 3.47. The summed E-state index contributed by atoms with van der Waals surface area (Å²) in [6, 6.07) is 0. The van der Waals surface area contributed by atoms with Gasteiger partial charge in [-0.25, -0.2) is 0 Å². The van der Waals surface area contributed by atoms with Gasteiger partial charge in [-0.2, -0.15) is 0 Å². The van der Waals surface area contributed by atoms with E-state index in [2.05, 4.69) is 215 Å². The summed E-state index contributed by atoms with van der Waals surface area (Å²) in [5.74, 6) is -1.03. The molecule has 0 aromatic rings. The van der Waals surface area contributed by atoms with Crippen molar-refractivity contribution in [1.29, 1.82) is 0 Å². The number of carbonyl (C=O) groups excluding carboxylic acids is 3. The van der Waals surface area contributed by atoms with E-state index in [4.69, 9.17) is 14.2 Å². The summed E-state index contributed by atoms with van der Waals surface area (Å²) in [6.07, 6.45) is 101. The number of carbonyl (C=O) groups is 3. The molecule has 0 aliphatic rings. The number of hydrogen-bond donors (Lipinski definition) is 0. The molecule has 0 heterocycles. The molecule has 6 nitrogen and oxygen atoms in total. The predicted octanol–water partition coefficient (Wildman–Crippen LogP) is 22.2. The highest BCUT2D eigenvalue weighted by Gasteiger charge is 2.19. The van der Waals surface area contributed by atoms with Crippen molar-refractivity contribution in [2.45, 2.75) is 245 Å². The summed E-state index contributed by atoms with van der Waals surface area (Å²) < 4.78 is 16.9. The topological polar surface area (TPSA) is 78.9 Å². The van der Waals surface area contributed by atoms with Crippen LogP contribution in [0.15, 0.2) is 194 Å². The van der Waals surface area contributed by atoms with Gasteiger partial charge < -0.3 is 14.2 Å². The molecule has 0 rings (SSSR count). The van der Waals surface area contributed by atoms with Crippen LogP contribution in [0.2, 0.25) is 0 Å². The van der Waals surface area contributed by atoms with Crippen molar-refractivity contribution in [3.8, 4) is 0 Å². The van der Waals surface area contributed by atoms with Gasteiger partial charge in [-0.3, -0.25) is 14.4 Å². The van der Waals surface area contributed by atoms with E-state index in [0.717, 1.165) is 167 Å². The molecular formula is C75H114O6. The van der Waals surface area contributed by atoms with Gasteiger partial charge in [0, 0.05) is 19.3 Å². The standard InChI is InChI=1S/C75H114O6/c1-4-7-10-13-16-19-22-25-28-31-34-36-37-39-41-44-47-50-53-56-59-62-65-68-74(77)80-71-72(70-79-73(76)67-64-61-58-55-52-49-46-43-40-33-30-27-24-21-18-15-12-9-6-3)81-75(78)69-66-63-60-57-54-51-48-45-42-38-35-32-29-26-23-20-17-14-11-8-5-2/h7-12,16-21,25-30,34-36,38-41,43,47,49-50,52,56,59,72H,4-6,13-15,22-24,31-33,37,42,44-46,48,51,53-55,57-58,60-71H2,1-3H3/b10-7-,11-8-,12-9-,19-16-,20-17-,21-18-,28-25-,29-26-,30-27-,36-34-,38-35-,41-39-,43-40-,50-47-,52-49-,59-56-. The average molecular weight is 1110 g/mol. The highest BCUT2D eigenvalue weighted by molar-refractivity contribution is 5.71. The van der Waals surface area contributed by atoms with Crippen LogP contribution in [0.25, 0.3) is 0 Å². The van der Waals surface area contributed by atoms with Crippen molar-refractivity contribution < 1.29 is 28.6 Å². The zero-order valence-electron chi connectivity index (χ0n) is 51.5. The van der Waals surface area contributed by atoms with E-state index < -0.39 is 6.10 Å². The van der Waals surface area contributed by atoms with Crippen molar-refractivity contribution in [3.05, 3.63) is 194 Å². The quantitative estimate of drug-likeness (QED) is 0.0261. The third-order valence-corrected chi connectivity index (χ3v) is 12.6. The Labute approximate surface area is 497 Å². The Bertz CT molecular complexity index is 1950. The second kappa shape index (κ2) is 66.8. The maximum absolute atomic E-state index is 12.9. The summed E-state index contributed by atoms with van der Waals surface area (Å²) in [5, 5.41) is 0. The highest BCUT2D eigenvalue weighted by atomic mass is 16.6. The van der Waals surface area contributed by atoms with Crippen LogP contribution in [0.3, 0.4) is 0 Å².